The molecule has 2 aromatic heterocycles. The maximum Gasteiger partial charge on any atom is 0.292 e. The molecule has 0 N–H and O–H groups in total. The number of ether oxygens (including phenoxy) is 1. The van der Waals surface area contributed by atoms with Gasteiger partial charge in [-0.3, -0.25) is 4.79 Å². The zero-order valence-electron chi connectivity index (χ0n) is 11.7. The van der Waals surface area contributed by atoms with E-state index in [4.69, 9.17) is 9.26 Å². The highest BCUT2D eigenvalue weighted by Crippen LogP contribution is 2.18. The van der Waals surface area contributed by atoms with Crippen LogP contribution in [0.1, 0.15) is 29.1 Å². The lowest BCUT2D eigenvalue weighted by molar-refractivity contribution is 0.0490. The molecular formula is C14H16N4O3. The average molecular weight is 288 g/mol. The van der Waals surface area contributed by atoms with Gasteiger partial charge in [-0.1, -0.05) is 5.16 Å². The Morgan fingerprint density at radius 1 is 1.38 bits per heavy atom. The monoisotopic (exact) mass is 288 g/mol. The number of likely N-dealkylation sites (tertiary alicyclic amines) is 1. The Morgan fingerprint density at radius 2 is 2.29 bits per heavy atom. The average Bonchev–Trinajstić information content (AvgIpc) is 3.03. The number of piperidine rings is 1. The summed E-state index contributed by atoms with van der Waals surface area (Å²) in [6.07, 6.45) is 3.15. The van der Waals surface area contributed by atoms with Gasteiger partial charge in [0.25, 0.3) is 5.91 Å². The van der Waals surface area contributed by atoms with Crippen LogP contribution in [0.25, 0.3) is 0 Å². The molecule has 3 rings (SSSR count). The minimum atomic E-state index is -0.157. The van der Waals surface area contributed by atoms with Crippen LogP contribution in [0, 0.1) is 6.92 Å². The molecule has 0 unspecified atom stereocenters. The van der Waals surface area contributed by atoms with Crippen LogP contribution in [0.15, 0.2) is 28.9 Å². The first-order valence-electron chi connectivity index (χ1n) is 6.89. The van der Waals surface area contributed by atoms with Crippen LogP contribution in [0.2, 0.25) is 0 Å². The van der Waals surface area contributed by atoms with Gasteiger partial charge in [-0.25, -0.2) is 0 Å². The maximum atomic E-state index is 12.2. The highest BCUT2D eigenvalue weighted by atomic mass is 16.5. The summed E-state index contributed by atoms with van der Waals surface area (Å²) >= 11 is 0. The Morgan fingerprint density at radius 3 is 3.00 bits per heavy atom. The second-order valence-electron chi connectivity index (χ2n) is 5.02. The molecule has 7 nitrogen and oxygen atoms in total. The van der Waals surface area contributed by atoms with Gasteiger partial charge in [0.2, 0.25) is 11.6 Å². The van der Waals surface area contributed by atoms with Gasteiger partial charge in [0.05, 0.1) is 18.4 Å². The van der Waals surface area contributed by atoms with E-state index in [-0.39, 0.29) is 17.8 Å². The van der Waals surface area contributed by atoms with Gasteiger partial charge in [-0.2, -0.15) is 5.10 Å². The van der Waals surface area contributed by atoms with Crippen LogP contribution >= 0.6 is 0 Å². The third-order valence-corrected chi connectivity index (χ3v) is 3.37. The van der Waals surface area contributed by atoms with Crippen molar-refractivity contribution < 1.29 is 14.1 Å². The Labute approximate surface area is 121 Å². The van der Waals surface area contributed by atoms with Crippen molar-refractivity contribution >= 4 is 5.91 Å². The van der Waals surface area contributed by atoms with E-state index in [1.807, 2.05) is 13.0 Å². The molecule has 7 heteroatoms. The quantitative estimate of drug-likeness (QED) is 0.850. The predicted molar refractivity (Wildman–Crippen MR) is 72.8 cm³/mol. The van der Waals surface area contributed by atoms with Crippen molar-refractivity contribution in [2.75, 3.05) is 13.1 Å². The summed E-state index contributed by atoms with van der Waals surface area (Å²) in [5.74, 6) is 0.584. The number of amides is 1. The number of rotatable bonds is 3. The molecule has 1 aliphatic rings. The summed E-state index contributed by atoms with van der Waals surface area (Å²) in [5.41, 5.74) is 0.841. The fourth-order valence-electron chi connectivity index (χ4n) is 2.32. The van der Waals surface area contributed by atoms with E-state index in [1.165, 1.54) is 6.20 Å². The van der Waals surface area contributed by atoms with E-state index >= 15 is 0 Å². The van der Waals surface area contributed by atoms with E-state index in [0.717, 1.165) is 18.5 Å². The summed E-state index contributed by atoms with van der Waals surface area (Å²) < 4.78 is 10.7. The maximum absolute atomic E-state index is 12.2. The fraction of sp³-hybridized carbons (Fsp3) is 0.429. The molecule has 2 aromatic rings. The number of aryl methyl sites for hydroxylation is 1. The number of carbonyl (C=O) groups is 1. The van der Waals surface area contributed by atoms with Crippen molar-refractivity contribution in [3.8, 4) is 5.88 Å². The van der Waals surface area contributed by atoms with Crippen LogP contribution in [0.5, 0.6) is 5.88 Å². The highest BCUT2D eigenvalue weighted by molar-refractivity contribution is 5.91. The molecule has 3 heterocycles. The first-order valence-corrected chi connectivity index (χ1v) is 6.89. The van der Waals surface area contributed by atoms with Crippen LogP contribution in [0.3, 0.4) is 0 Å². The standard InChI is InChI=1S/C14H16N4O3/c1-10-4-5-13(17-16-10)20-11-3-2-8-18(9-11)14(19)12-6-7-15-21-12/h4-7,11H,2-3,8-9H2,1H3/t11-/m0/s1. The molecule has 0 aromatic carbocycles. The van der Waals surface area contributed by atoms with Gasteiger partial charge in [0.1, 0.15) is 6.10 Å². The molecule has 1 fully saturated rings. The summed E-state index contributed by atoms with van der Waals surface area (Å²) in [5, 5.41) is 11.5. The highest BCUT2D eigenvalue weighted by Gasteiger charge is 2.27. The summed E-state index contributed by atoms with van der Waals surface area (Å²) in [7, 11) is 0. The minimum Gasteiger partial charge on any atom is -0.471 e. The van der Waals surface area contributed by atoms with Gasteiger partial charge in [-0.15, -0.1) is 5.10 Å². The predicted octanol–water partition coefficient (Wildman–Crippen LogP) is 1.46. The van der Waals surface area contributed by atoms with Crippen LogP contribution in [-0.4, -0.2) is 45.4 Å². The molecule has 1 amide bonds. The Hall–Kier alpha value is -2.44. The first kappa shape index (κ1) is 13.5. The van der Waals surface area contributed by atoms with Crippen molar-refractivity contribution in [2.45, 2.75) is 25.9 Å². The van der Waals surface area contributed by atoms with Crippen LogP contribution in [-0.2, 0) is 0 Å². The molecule has 0 radical (unpaired) electrons. The molecule has 1 atom stereocenters. The molecule has 1 saturated heterocycles. The SMILES string of the molecule is Cc1ccc(O[C@H]2CCCN(C(=O)c3ccno3)C2)nn1. The van der Waals surface area contributed by atoms with Crippen molar-refractivity contribution in [3.05, 3.63) is 35.9 Å². The fourth-order valence-corrected chi connectivity index (χ4v) is 2.32. The van der Waals surface area contributed by atoms with Crippen LogP contribution < -0.4 is 4.74 Å². The van der Waals surface area contributed by atoms with E-state index in [9.17, 15) is 4.79 Å². The van der Waals surface area contributed by atoms with E-state index in [1.54, 1.807) is 17.0 Å². The van der Waals surface area contributed by atoms with Crippen molar-refractivity contribution in [3.63, 3.8) is 0 Å². The zero-order chi connectivity index (χ0) is 14.7. The molecular weight excluding hydrogens is 272 g/mol. The Balaban J connectivity index is 1.63. The van der Waals surface area contributed by atoms with Gasteiger partial charge < -0.3 is 14.2 Å². The number of nitrogens with zero attached hydrogens (tertiary/aromatic N) is 4. The number of hydrogen-bond acceptors (Lipinski definition) is 6. The molecule has 0 spiro atoms. The van der Waals surface area contributed by atoms with Gasteiger partial charge in [0, 0.05) is 18.7 Å². The lowest BCUT2D eigenvalue weighted by atomic mass is 10.1. The Kier molecular flexibility index (Phi) is 3.81. The van der Waals surface area contributed by atoms with E-state index in [2.05, 4.69) is 15.4 Å². The van der Waals surface area contributed by atoms with Crippen molar-refractivity contribution in [2.24, 2.45) is 0 Å². The van der Waals surface area contributed by atoms with Crippen molar-refractivity contribution in [1.82, 2.24) is 20.3 Å². The van der Waals surface area contributed by atoms with Crippen molar-refractivity contribution in [1.29, 1.82) is 0 Å². The van der Waals surface area contributed by atoms with Gasteiger partial charge in [-0.05, 0) is 25.8 Å². The second-order valence-corrected chi connectivity index (χ2v) is 5.02. The van der Waals surface area contributed by atoms with E-state index < -0.39 is 0 Å². The Bertz CT molecular complexity index is 597. The van der Waals surface area contributed by atoms with E-state index in [0.29, 0.717) is 19.0 Å². The number of aromatic nitrogens is 3. The molecule has 0 bridgehead atoms. The molecule has 1 aliphatic heterocycles. The minimum absolute atomic E-state index is 0.0809. The molecule has 110 valence electrons. The smallest absolute Gasteiger partial charge is 0.292 e. The third-order valence-electron chi connectivity index (χ3n) is 3.37. The topological polar surface area (TPSA) is 81.4 Å². The summed E-state index contributed by atoms with van der Waals surface area (Å²) in [6, 6.07) is 5.21. The summed E-state index contributed by atoms with van der Waals surface area (Å²) in [6.45, 7) is 3.07. The molecule has 0 aliphatic carbocycles. The number of carbonyl (C=O) groups excluding carboxylic acids is 1. The lowest BCUT2D eigenvalue weighted by Crippen LogP contribution is -2.44. The van der Waals surface area contributed by atoms with Gasteiger partial charge in [0.15, 0.2) is 0 Å². The molecule has 0 saturated carbocycles. The zero-order valence-corrected chi connectivity index (χ0v) is 11.7. The summed E-state index contributed by atoms with van der Waals surface area (Å²) in [4.78, 5) is 13.9. The van der Waals surface area contributed by atoms with Gasteiger partial charge >= 0.3 is 0 Å². The normalized spacial score (nSPS) is 18.5. The largest absolute Gasteiger partial charge is 0.471 e. The number of hydrogen-bond donors (Lipinski definition) is 0. The second kappa shape index (κ2) is 5.90. The lowest BCUT2D eigenvalue weighted by Gasteiger charge is -2.31. The van der Waals surface area contributed by atoms with Crippen LogP contribution in [0.4, 0.5) is 0 Å². The molecule has 21 heavy (non-hydrogen) atoms. The third kappa shape index (κ3) is 3.18. The first-order chi connectivity index (χ1) is 10.2.